The first-order valence-corrected chi connectivity index (χ1v) is 7.21. The molecule has 0 saturated carbocycles. The number of carbonyl (C=O) groups is 1. The predicted octanol–water partition coefficient (Wildman–Crippen LogP) is 1.51. The zero-order valence-electron chi connectivity index (χ0n) is 12.2. The van der Waals surface area contributed by atoms with Crippen LogP contribution < -0.4 is 5.73 Å². The smallest absolute Gasteiger partial charge is 0.244 e. The van der Waals surface area contributed by atoms with Gasteiger partial charge in [-0.05, 0) is 20.8 Å². The van der Waals surface area contributed by atoms with Crippen molar-refractivity contribution in [3.8, 4) is 0 Å². The fourth-order valence-corrected chi connectivity index (χ4v) is 2.53. The van der Waals surface area contributed by atoms with E-state index in [2.05, 4.69) is 10.1 Å². The molecule has 0 spiro atoms. The average Bonchev–Trinajstić information content (AvgIpc) is 2.89. The number of carbonyl (C=O) groups excluding carboxylic acids is 1. The molecule has 2 heterocycles. The van der Waals surface area contributed by atoms with Gasteiger partial charge < -0.3 is 10.6 Å². The highest BCUT2D eigenvalue weighted by Crippen LogP contribution is 2.15. The van der Waals surface area contributed by atoms with Gasteiger partial charge in [0.25, 0.3) is 0 Å². The summed E-state index contributed by atoms with van der Waals surface area (Å²) in [4.78, 5) is 18.2. The summed E-state index contributed by atoms with van der Waals surface area (Å²) in [6.45, 7) is 6.37. The van der Waals surface area contributed by atoms with Crippen molar-refractivity contribution >= 4 is 22.9 Å². The lowest BCUT2D eigenvalue weighted by Crippen LogP contribution is -2.30. The number of likely N-dealkylation sites (N-methyl/N-ethyl adjacent to an activating group) is 1. The van der Waals surface area contributed by atoms with Gasteiger partial charge in [0.2, 0.25) is 5.91 Å². The molecule has 2 N–H and O–H groups in total. The van der Waals surface area contributed by atoms with Gasteiger partial charge in [-0.2, -0.15) is 5.10 Å². The maximum Gasteiger partial charge on any atom is 0.244 e. The summed E-state index contributed by atoms with van der Waals surface area (Å²) in [7, 11) is 1.77. The van der Waals surface area contributed by atoms with Crippen molar-refractivity contribution in [3.63, 3.8) is 0 Å². The van der Waals surface area contributed by atoms with Gasteiger partial charge in [-0.1, -0.05) is 0 Å². The van der Waals surface area contributed by atoms with Crippen LogP contribution in [0, 0.1) is 20.8 Å². The summed E-state index contributed by atoms with van der Waals surface area (Å²) in [5, 5.41) is 7.25. The molecule has 2 rings (SSSR count). The number of amides is 1. The second kappa shape index (κ2) is 5.62. The molecule has 0 saturated heterocycles. The van der Waals surface area contributed by atoms with Gasteiger partial charge in [0, 0.05) is 12.4 Å². The molecular weight excluding hydrogens is 274 g/mol. The highest BCUT2D eigenvalue weighted by atomic mass is 32.1. The van der Waals surface area contributed by atoms with Crippen molar-refractivity contribution in [1.82, 2.24) is 19.7 Å². The van der Waals surface area contributed by atoms with E-state index >= 15 is 0 Å². The van der Waals surface area contributed by atoms with Crippen molar-refractivity contribution in [1.29, 1.82) is 0 Å². The van der Waals surface area contributed by atoms with Crippen LogP contribution in [0.5, 0.6) is 0 Å². The Bertz CT molecular complexity index is 631. The molecule has 1 amide bonds. The van der Waals surface area contributed by atoms with Crippen LogP contribution in [-0.4, -0.2) is 32.6 Å². The molecule has 0 fully saturated rings. The Morgan fingerprint density at radius 2 is 2.15 bits per heavy atom. The third-order valence-corrected chi connectivity index (χ3v) is 4.04. The minimum Gasteiger partial charge on any atom is -0.396 e. The zero-order chi connectivity index (χ0) is 14.9. The van der Waals surface area contributed by atoms with E-state index in [9.17, 15) is 4.79 Å². The van der Waals surface area contributed by atoms with E-state index in [1.54, 1.807) is 28.0 Å². The fourth-order valence-electron chi connectivity index (χ4n) is 1.93. The van der Waals surface area contributed by atoms with Crippen LogP contribution in [0.25, 0.3) is 0 Å². The third-order valence-electron chi connectivity index (χ3n) is 3.21. The van der Waals surface area contributed by atoms with E-state index in [4.69, 9.17) is 5.73 Å². The maximum atomic E-state index is 12.2. The first kappa shape index (κ1) is 14.5. The number of nitrogen functional groups attached to an aromatic ring is 1. The molecule has 7 heteroatoms. The second-order valence-corrected chi connectivity index (χ2v) is 5.91. The number of hydrogen-bond donors (Lipinski definition) is 1. The number of thiazole rings is 1. The molecular formula is C13H19N5OS. The predicted molar refractivity (Wildman–Crippen MR) is 79.4 cm³/mol. The Labute approximate surface area is 122 Å². The number of rotatable bonds is 4. The van der Waals surface area contributed by atoms with E-state index in [-0.39, 0.29) is 12.5 Å². The quantitative estimate of drug-likeness (QED) is 0.927. The topological polar surface area (TPSA) is 77.0 Å². The molecule has 108 valence electrons. The van der Waals surface area contributed by atoms with Crippen molar-refractivity contribution in [2.75, 3.05) is 12.8 Å². The van der Waals surface area contributed by atoms with E-state index < -0.39 is 0 Å². The van der Waals surface area contributed by atoms with Crippen molar-refractivity contribution in [3.05, 3.63) is 27.5 Å². The van der Waals surface area contributed by atoms with Crippen LogP contribution in [0.4, 0.5) is 5.69 Å². The first-order valence-electron chi connectivity index (χ1n) is 6.33. The Morgan fingerprint density at radius 1 is 1.45 bits per heavy atom. The molecule has 0 aliphatic carbocycles. The monoisotopic (exact) mass is 293 g/mol. The molecule has 0 aliphatic rings. The summed E-state index contributed by atoms with van der Waals surface area (Å²) in [6, 6.07) is 0. The fraction of sp³-hybridized carbons (Fsp3) is 0.462. The van der Waals surface area contributed by atoms with Crippen molar-refractivity contribution < 1.29 is 4.79 Å². The van der Waals surface area contributed by atoms with Gasteiger partial charge in [-0.3, -0.25) is 9.48 Å². The largest absolute Gasteiger partial charge is 0.396 e. The second-order valence-electron chi connectivity index (χ2n) is 4.85. The third kappa shape index (κ3) is 2.98. The number of aryl methyl sites for hydroxylation is 2. The van der Waals surface area contributed by atoms with Crippen LogP contribution >= 0.6 is 11.3 Å². The van der Waals surface area contributed by atoms with Crippen LogP contribution in [0.3, 0.4) is 0 Å². The number of hydrogen-bond acceptors (Lipinski definition) is 5. The summed E-state index contributed by atoms with van der Waals surface area (Å²) in [5.41, 5.74) is 9.01. The average molecular weight is 293 g/mol. The first-order chi connectivity index (χ1) is 9.38. The van der Waals surface area contributed by atoms with Gasteiger partial charge >= 0.3 is 0 Å². The molecule has 2 aromatic rings. The van der Waals surface area contributed by atoms with Gasteiger partial charge in [0.15, 0.2) is 0 Å². The number of nitrogens with two attached hydrogens (primary N) is 1. The van der Waals surface area contributed by atoms with Crippen LogP contribution in [0.15, 0.2) is 5.38 Å². The van der Waals surface area contributed by atoms with E-state index in [1.165, 1.54) is 0 Å². The maximum absolute atomic E-state index is 12.2. The molecule has 0 aliphatic heterocycles. The van der Waals surface area contributed by atoms with Gasteiger partial charge in [0.05, 0.1) is 34.3 Å². The molecule has 20 heavy (non-hydrogen) atoms. The van der Waals surface area contributed by atoms with Crippen LogP contribution in [0.2, 0.25) is 0 Å². The molecule has 0 aromatic carbocycles. The van der Waals surface area contributed by atoms with Gasteiger partial charge in [0.1, 0.15) is 6.54 Å². The van der Waals surface area contributed by atoms with E-state index in [1.807, 2.05) is 26.2 Å². The standard InChI is InChI=1S/C13H19N5OS/c1-8-13(14)9(2)18(16-8)6-12(19)17(4)5-11-7-20-10(3)15-11/h7H,5-6,14H2,1-4H3. The summed E-state index contributed by atoms with van der Waals surface area (Å²) >= 11 is 1.59. The number of anilines is 1. The minimum absolute atomic E-state index is 0.0127. The normalized spacial score (nSPS) is 10.8. The molecule has 2 aromatic heterocycles. The number of nitrogens with zero attached hydrogens (tertiary/aromatic N) is 4. The van der Waals surface area contributed by atoms with Crippen molar-refractivity contribution in [2.45, 2.75) is 33.9 Å². The molecule has 0 unspecified atom stereocenters. The Balaban J connectivity index is 2.02. The van der Waals surface area contributed by atoms with E-state index in [0.717, 1.165) is 22.1 Å². The van der Waals surface area contributed by atoms with Gasteiger partial charge in [-0.25, -0.2) is 4.98 Å². The minimum atomic E-state index is -0.0127. The highest BCUT2D eigenvalue weighted by molar-refractivity contribution is 7.09. The molecule has 0 radical (unpaired) electrons. The van der Waals surface area contributed by atoms with Gasteiger partial charge in [-0.15, -0.1) is 11.3 Å². The zero-order valence-corrected chi connectivity index (χ0v) is 13.0. The summed E-state index contributed by atoms with van der Waals surface area (Å²) < 4.78 is 1.65. The SMILES string of the molecule is Cc1nc(CN(C)C(=O)Cn2nc(C)c(N)c2C)cs1. The highest BCUT2D eigenvalue weighted by Gasteiger charge is 2.15. The van der Waals surface area contributed by atoms with E-state index in [0.29, 0.717) is 12.2 Å². The van der Waals surface area contributed by atoms with Crippen LogP contribution in [0.1, 0.15) is 22.1 Å². The summed E-state index contributed by atoms with van der Waals surface area (Å²) in [6.07, 6.45) is 0. The summed E-state index contributed by atoms with van der Waals surface area (Å²) in [5.74, 6) is -0.0127. The Hall–Kier alpha value is -1.89. The lowest BCUT2D eigenvalue weighted by molar-refractivity contribution is -0.131. The Morgan fingerprint density at radius 3 is 2.65 bits per heavy atom. The molecule has 0 atom stereocenters. The molecule has 0 bridgehead atoms. The lowest BCUT2D eigenvalue weighted by Gasteiger charge is -2.16. The van der Waals surface area contributed by atoms with Crippen LogP contribution in [-0.2, 0) is 17.9 Å². The lowest BCUT2D eigenvalue weighted by atomic mass is 10.3. The van der Waals surface area contributed by atoms with Crippen molar-refractivity contribution in [2.24, 2.45) is 0 Å². The number of aromatic nitrogens is 3. The Kier molecular flexibility index (Phi) is 4.08. The molecule has 6 nitrogen and oxygen atoms in total.